The number of likely N-dealkylation sites (tertiary alicyclic amines) is 1. The molecule has 1 aromatic heterocycles. The van der Waals surface area contributed by atoms with E-state index in [1.54, 1.807) is 0 Å². The molecule has 2 aromatic rings. The van der Waals surface area contributed by atoms with Crippen molar-refractivity contribution in [3.63, 3.8) is 0 Å². The number of fused-ring (bicyclic) bond motifs is 1. The van der Waals surface area contributed by atoms with Crippen LogP contribution in [0.2, 0.25) is 0 Å². The molecule has 1 atom stereocenters. The van der Waals surface area contributed by atoms with Gasteiger partial charge in [-0.2, -0.15) is 0 Å². The van der Waals surface area contributed by atoms with E-state index in [0.717, 1.165) is 55.3 Å². The highest BCUT2D eigenvalue weighted by Crippen LogP contribution is 2.31. The molecule has 2 fully saturated rings. The van der Waals surface area contributed by atoms with E-state index in [4.69, 9.17) is 0 Å². The van der Waals surface area contributed by atoms with Crippen LogP contribution in [-0.2, 0) is 6.54 Å². The third-order valence-electron chi connectivity index (χ3n) is 5.86. The first-order valence-corrected chi connectivity index (χ1v) is 10.3. The molecule has 2 N–H and O–H groups in total. The second-order valence-electron chi connectivity index (χ2n) is 7.91. The van der Waals surface area contributed by atoms with Crippen LogP contribution in [0.5, 0.6) is 0 Å². The van der Waals surface area contributed by atoms with Crippen molar-refractivity contribution >= 4 is 41.0 Å². The molecule has 0 radical (unpaired) electrons. The minimum absolute atomic E-state index is 0. The Morgan fingerprint density at radius 2 is 2.04 bits per heavy atom. The van der Waals surface area contributed by atoms with Crippen molar-refractivity contribution in [2.45, 2.75) is 45.2 Å². The van der Waals surface area contributed by atoms with Gasteiger partial charge in [0.1, 0.15) is 5.82 Å². The second-order valence-corrected chi connectivity index (χ2v) is 7.91. The van der Waals surface area contributed by atoms with Gasteiger partial charge in [0.15, 0.2) is 5.96 Å². The number of aromatic nitrogens is 2. The number of halogens is 1. The molecule has 4 rings (SSSR count). The van der Waals surface area contributed by atoms with E-state index in [1.807, 2.05) is 13.1 Å². The van der Waals surface area contributed by atoms with Crippen LogP contribution in [-0.4, -0.2) is 59.7 Å². The van der Waals surface area contributed by atoms with Gasteiger partial charge < -0.3 is 20.1 Å². The van der Waals surface area contributed by atoms with Crippen molar-refractivity contribution in [2.75, 3.05) is 33.2 Å². The topological polar surface area (TPSA) is 57.5 Å². The van der Waals surface area contributed by atoms with Gasteiger partial charge in [-0.15, -0.1) is 24.0 Å². The van der Waals surface area contributed by atoms with Gasteiger partial charge in [0.05, 0.1) is 11.0 Å². The van der Waals surface area contributed by atoms with E-state index >= 15 is 0 Å². The number of aliphatic imine (C=N–C) groups is 1. The summed E-state index contributed by atoms with van der Waals surface area (Å²) in [6, 6.07) is 9.25. The maximum atomic E-state index is 4.64. The summed E-state index contributed by atoms with van der Waals surface area (Å²) in [6.45, 7) is 7.51. The SMILES string of the molecule is CN=C(NCCCn1c(C)nc2ccccc21)NCC1CCN(C2CC2)C1.I. The number of para-hydroxylation sites is 2. The first-order valence-electron chi connectivity index (χ1n) is 10.3. The molecule has 0 spiro atoms. The predicted octanol–water partition coefficient (Wildman–Crippen LogP) is 3.00. The smallest absolute Gasteiger partial charge is 0.190 e. The highest BCUT2D eigenvalue weighted by Gasteiger charge is 2.34. The first kappa shape index (κ1) is 21.4. The molecule has 6 nitrogen and oxygen atoms in total. The van der Waals surface area contributed by atoms with Crippen LogP contribution in [0.1, 0.15) is 31.5 Å². The van der Waals surface area contributed by atoms with Gasteiger partial charge in [0.25, 0.3) is 0 Å². The van der Waals surface area contributed by atoms with Gasteiger partial charge in [-0.1, -0.05) is 12.1 Å². The van der Waals surface area contributed by atoms with Crippen LogP contribution in [0.25, 0.3) is 11.0 Å². The van der Waals surface area contributed by atoms with Crippen LogP contribution in [0.15, 0.2) is 29.3 Å². The summed E-state index contributed by atoms with van der Waals surface area (Å²) in [7, 11) is 1.86. The summed E-state index contributed by atoms with van der Waals surface area (Å²) in [5.74, 6) is 2.76. The summed E-state index contributed by atoms with van der Waals surface area (Å²) in [5.41, 5.74) is 2.30. The standard InChI is InChI=1S/C21H32N6.HI/c1-16-25-19-6-3-4-7-20(19)27(16)12-5-11-23-21(22-2)24-14-17-10-13-26(15-17)18-8-9-18;/h3-4,6-7,17-18H,5,8-15H2,1-2H3,(H2,22,23,24);1H. The van der Waals surface area contributed by atoms with Gasteiger partial charge in [0.2, 0.25) is 0 Å². The first-order chi connectivity index (χ1) is 13.2. The number of nitrogens with one attached hydrogen (secondary N) is 2. The highest BCUT2D eigenvalue weighted by molar-refractivity contribution is 14.0. The van der Waals surface area contributed by atoms with Crippen molar-refractivity contribution < 1.29 is 0 Å². The average molecular weight is 496 g/mol. The van der Waals surface area contributed by atoms with Crippen molar-refractivity contribution in [3.8, 4) is 0 Å². The molecule has 2 aliphatic rings. The molecule has 1 saturated carbocycles. The summed E-state index contributed by atoms with van der Waals surface area (Å²) < 4.78 is 2.30. The molecule has 0 bridgehead atoms. The predicted molar refractivity (Wildman–Crippen MR) is 127 cm³/mol. The number of guanidine groups is 1. The molecule has 1 aliphatic heterocycles. The Morgan fingerprint density at radius 1 is 1.21 bits per heavy atom. The lowest BCUT2D eigenvalue weighted by Crippen LogP contribution is -2.40. The fourth-order valence-corrected chi connectivity index (χ4v) is 4.18. The lowest BCUT2D eigenvalue weighted by Gasteiger charge is -2.17. The molecular formula is C21H33IN6. The van der Waals surface area contributed by atoms with Crippen molar-refractivity contribution in [1.82, 2.24) is 25.1 Å². The maximum Gasteiger partial charge on any atom is 0.190 e. The van der Waals surface area contributed by atoms with Crippen LogP contribution in [0, 0.1) is 12.8 Å². The van der Waals surface area contributed by atoms with Gasteiger partial charge in [-0.3, -0.25) is 4.99 Å². The fourth-order valence-electron chi connectivity index (χ4n) is 4.18. The molecule has 1 aromatic carbocycles. The van der Waals surface area contributed by atoms with Crippen LogP contribution >= 0.6 is 24.0 Å². The highest BCUT2D eigenvalue weighted by atomic mass is 127. The van der Waals surface area contributed by atoms with E-state index in [0.29, 0.717) is 0 Å². The van der Waals surface area contributed by atoms with Crippen molar-refractivity contribution in [2.24, 2.45) is 10.9 Å². The molecule has 1 aliphatic carbocycles. The number of nitrogens with zero attached hydrogens (tertiary/aromatic N) is 4. The Kier molecular flexibility index (Phi) is 7.56. The summed E-state index contributed by atoms with van der Waals surface area (Å²) in [4.78, 5) is 11.7. The average Bonchev–Trinajstić information content (AvgIpc) is 3.34. The van der Waals surface area contributed by atoms with Crippen molar-refractivity contribution in [1.29, 1.82) is 0 Å². The number of hydrogen-bond acceptors (Lipinski definition) is 3. The van der Waals surface area contributed by atoms with Gasteiger partial charge >= 0.3 is 0 Å². The molecule has 154 valence electrons. The van der Waals surface area contributed by atoms with E-state index in [9.17, 15) is 0 Å². The number of aryl methyl sites for hydroxylation is 2. The minimum Gasteiger partial charge on any atom is -0.356 e. The number of benzene rings is 1. The molecule has 1 saturated heterocycles. The Hall–Kier alpha value is -1.35. The molecule has 7 heteroatoms. The fraction of sp³-hybridized carbons (Fsp3) is 0.619. The normalized spacial score (nSPS) is 20.4. The molecule has 0 amide bonds. The number of rotatable bonds is 7. The number of hydrogen-bond donors (Lipinski definition) is 2. The molecule has 2 heterocycles. The summed E-state index contributed by atoms with van der Waals surface area (Å²) >= 11 is 0. The van der Waals surface area contributed by atoms with E-state index in [-0.39, 0.29) is 24.0 Å². The maximum absolute atomic E-state index is 4.64. The third kappa shape index (κ3) is 5.17. The third-order valence-corrected chi connectivity index (χ3v) is 5.86. The Morgan fingerprint density at radius 3 is 2.82 bits per heavy atom. The lowest BCUT2D eigenvalue weighted by atomic mass is 10.1. The monoisotopic (exact) mass is 496 g/mol. The zero-order valence-electron chi connectivity index (χ0n) is 17.0. The Bertz CT molecular complexity index is 797. The van der Waals surface area contributed by atoms with Crippen LogP contribution in [0.4, 0.5) is 0 Å². The Balaban J connectivity index is 0.00000225. The van der Waals surface area contributed by atoms with Crippen LogP contribution in [0.3, 0.4) is 0 Å². The van der Waals surface area contributed by atoms with Gasteiger partial charge in [0, 0.05) is 39.3 Å². The quantitative estimate of drug-likeness (QED) is 0.268. The largest absolute Gasteiger partial charge is 0.356 e. The minimum atomic E-state index is 0. The van der Waals surface area contributed by atoms with E-state index < -0.39 is 0 Å². The summed E-state index contributed by atoms with van der Waals surface area (Å²) in [6.07, 6.45) is 5.18. The Labute approximate surface area is 185 Å². The molecule has 1 unspecified atom stereocenters. The van der Waals surface area contributed by atoms with Crippen molar-refractivity contribution in [3.05, 3.63) is 30.1 Å². The van der Waals surface area contributed by atoms with Crippen LogP contribution < -0.4 is 10.6 Å². The molecular weight excluding hydrogens is 463 g/mol. The van der Waals surface area contributed by atoms with E-state index in [2.05, 4.69) is 55.2 Å². The van der Waals surface area contributed by atoms with Gasteiger partial charge in [-0.05, 0) is 57.2 Å². The number of imidazole rings is 1. The zero-order valence-corrected chi connectivity index (χ0v) is 19.4. The molecule has 28 heavy (non-hydrogen) atoms. The summed E-state index contributed by atoms with van der Waals surface area (Å²) in [5, 5.41) is 6.98. The lowest BCUT2D eigenvalue weighted by molar-refractivity contribution is 0.314. The second kappa shape index (κ2) is 9.91. The van der Waals surface area contributed by atoms with E-state index in [1.165, 1.54) is 37.9 Å². The zero-order chi connectivity index (χ0) is 18.6. The van der Waals surface area contributed by atoms with Gasteiger partial charge in [-0.25, -0.2) is 4.98 Å².